The highest BCUT2D eigenvalue weighted by Gasteiger charge is 2.32. The van der Waals surface area contributed by atoms with Gasteiger partial charge in [0.25, 0.3) is 0 Å². The SMILES string of the molecule is CCCC1=C(C(=O)OC)C(c2ccc(Oc3ccccc3)cc2)NC(=O)N1. The Bertz CT molecular complexity index is 844. The average Bonchev–Trinajstić information content (AvgIpc) is 2.69. The molecule has 0 saturated carbocycles. The number of amides is 2. The first-order chi connectivity index (χ1) is 13.1. The van der Waals surface area contributed by atoms with E-state index >= 15 is 0 Å². The van der Waals surface area contributed by atoms with Crippen LogP contribution in [0.3, 0.4) is 0 Å². The molecule has 0 aromatic heterocycles. The molecule has 2 amide bonds. The van der Waals surface area contributed by atoms with Gasteiger partial charge in [-0.2, -0.15) is 0 Å². The quantitative estimate of drug-likeness (QED) is 0.756. The number of para-hydroxylation sites is 1. The number of carbonyl (C=O) groups is 2. The Balaban J connectivity index is 1.89. The smallest absolute Gasteiger partial charge is 0.337 e. The molecule has 2 aromatic rings. The zero-order valence-corrected chi connectivity index (χ0v) is 15.3. The molecule has 0 fully saturated rings. The molecule has 1 aliphatic heterocycles. The van der Waals surface area contributed by atoms with E-state index < -0.39 is 12.0 Å². The van der Waals surface area contributed by atoms with Crippen molar-refractivity contribution in [3.63, 3.8) is 0 Å². The fourth-order valence-electron chi connectivity index (χ4n) is 3.02. The van der Waals surface area contributed by atoms with Crippen LogP contribution in [-0.2, 0) is 9.53 Å². The van der Waals surface area contributed by atoms with Crippen molar-refractivity contribution in [3.8, 4) is 11.5 Å². The number of methoxy groups -OCH3 is 1. The number of nitrogens with one attached hydrogen (secondary N) is 2. The Kier molecular flexibility index (Phi) is 5.76. The van der Waals surface area contributed by atoms with Crippen LogP contribution in [0, 0.1) is 0 Å². The molecule has 2 N–H and O–H groups in total. The number of rotatable bonds is 6. The molecule has 2 aromatic carbocycles. The largest absolute Gasteiger partial charge is 0.466 e. The second-order valence-electron chi connectivity index (χ2n) is 6.15. The summed E-state index contributed by atoms with van der Waals surface area (Å²) in [6.07, 6.45) is 1.39. The standard InChI is InChI=1S/C21H22N2O4/c1-3-7-17-18(20(24)26-2)19(23-21(25)22-17)14-10-12-16(13-11-14)27-15-8-5-4-6-9-15/h4-6,8-13,19H,3,7H2,1-2H3,(H2,22,23,25). The number of hydrogen-bond acceptors (Lipinski definition) is 4. The number of esters is 1. The summed E-state index contributed by atoms with van der Waals surface area (Å²) in [4.78, 5) is 24.4. The van der Waals surface area contributed by atoms with E-state index in [9.17, 15) is 9.59 Å². The van der Waals surface area contributed by atoms with Crippen LogP contribution < -0.4 is 15.4 Å². The van der Waals surface area contributed by atoms with E-state index in [-0.39, 0.29) is 6.03 Å². The van der Waals surface area contributed by atoms with E-state index in [1.165, 1.54) is 7.11 Å². The molecule has 0 saturated heterocycles. The van der Waals surface area contributed by atoms with Gasteiger partial charge >= 0.3 is 12.0 Å². The van der Waals surface area contributed by atoms with Gasteiger partial charge in [0, 0.05) is 5.70 Å². The van der Waals surface area contributed by atoms with Crippen LogP contribution in [0.2, 0.25) is 0 Å². The molecule has 0 spiro atoms. The minimum Gasteiger partial charge on any atom is -0.466 e. The summed E-state index contributed by atoms with van der Waals surface area (Å²) in [5.41, 5.74) is 1.80. The molecule has 1 heterocycles. The normalized spacial score (nSPS) is 16.4. The second-order valence-corrected chi connectivity index (χ2v) is 6.15. The van der Waals surface area contributed by atoms with Gasteiger partial charge in [0.2, 0.25) is 0 Å². The molecule has 140 valence electrons. The molecule has 6 heteroatoms. The first-order valence-electron chi connectivity index (χ1n) is 8.84. The van der Waals surface area contributed by atoms with Crippen molar-refractivity contribution in [3.05, 3.63) is 71.4 Å². The summed E-state index contributed by atoms with van der Waals surface area (Å²) in [5.74, 6) is 0.948. The zero-order valence-electron chi connectivity index (χ0n) is 15.3. The van der Waals surface area contributed by atoms with Crippen molar-refractivity contribution in [2.45, 2.75) is 25.8 Å². The van der Waals surface area contributed by atoms with Crippen molar-refractivity contribution >= 4 is 12.0 Å². The summed E-state index contributed by atoms with van der Waals surface area (Å²) in [6, 6.07) is 15.8. The molecular formula is C21H22N2O4. The van der Waals surface area contributed by atoms with E-state index in [0.29, 0.717) is 23.4 Å². The molecule has 0 bridgehead atoms. The Morgan fingerprint density at radius 3 is 2.33 bits per heavy atom. The Morgan fingerprint density at radius 1 is 1.04 bits per heavy atom. The third-order valence-corrected chi connectivity index (χ3v) is 4.25. The molecule has 1 unspecified atom stereocenters. The number of carbonyl (C=O) groups excluding carboxylic acids is 2. The molecule has 27 heavy (non-hydrogen) atoms. The van der Waals surface area contributed by atoms with Crippen molar-refractivity contribution in [2.24, 2.45) is 0 Å². The number of ether oxygens (including phenoxy) is 2. The monoisotopic (exact) mass is 366 g/mol. The van der Waals surface area contributed by atoms with Crippen molar-refractivity contribution in [1.82, 2.24) is 10.6 Å². The van der Waals surface area contributed by atoms with E-state index in [4.69, 9.17) is 9.47 Å². The summed E-state index contributed by atoms with van der Waals surface area (Å²) >= 11 is 0. The zero-order chi connectivity index (χ0) is 19.2. The minimum atomic E-state index is -0.571. The van der Waals surface area contributed by atoms with E-state index in [1.807, 2.05) is 61.5 Å². The number of urea groups is 1. The first-order valence-corrected chi connectivity index (χ1v) is 8.84. The van der Waals surface area contributed by atoms with Crippen LogP contribution in [0.1, 0.15) is 31.4 Å². The fraction of sp³-hybridized carbons (Fsp3) is 0.238. The van der Waals surface area contributed by atoms with Crippen molar-refractivity contribution in [1.29, 1.82) is 0 Å². The van der Waals surface area contributed by atoms with Crippen LogP contribution in [0.4, 0.5) is 4.79 Å². The maximum atomic E-state index is 12.4. The van der Waals surface area contributed by atoms with Gasteiger partial charge in [0.15, 0.2) is 0 Å². The highest BCUT2D eigenvalue weighted by atomic mass is 16.5. The third kappa shape index (κ3) is 4.28. The number of hydrogen-bond donors (Lipinski definition) is 2. The molecule has 3 rings (SSSR count). The summed E-state index contributed by atoms with van der Waals surface area (Å²) in [6.45, 7) is 1.99. The highest BCUT2D eigenvalue weighted by molar-refractivity contribution is 5.95. The maximum absolute atomic E-state index is 12.4. The first kappa shape index (κ1) is 18.5. The molecular weight excluding hydrogens is 344 g/mol. The van der Waals surface area contributed by atoms with E-state index in [2.05, 4.69) is 10.6 Å². The molecule has 6 nitrogen and oxygen atoms in total. The molecule has 0 aliphatic carbocycles. The van der Waals surface area contributed by atoms with Crippen molar-refractivity contribution in [2.75, 3.05) is 7.11 Å². The lowest BCUT2D eigenvalue weighted by Crippen LogP contribution is -2.45. The molecule has 0 radical (unpaired) electrons. The predicted octanol–water partition coefficient (Wildman–Crippen LogP) is 4.06. The van der Waals surface area contributed by atoms with Crippen molar-refractivity contribution < 1.29 is 19.1 Å². The van der Waals surface area contributed by atoms with Gasteiger partial charge < -0.3 is 20.1 Å². The van der Waals surface area contributed by atoms with Gasteiger partial charge in [-0.1, -0.05) is 43.7 Å². The number of allylic oxidation sites excluding steroid dienone is 1. The van der Waals surface area contributed by atoms with Gasteiger partial charge in [-0.3, -0.25) is 0 Å². The Hall–Kier alpha value is -3.28. The van der Waals surface area contributed by atoms with Crippen LogP contribution in [0.5, 0.6) is 11.5 Å². The Morgan fingerprint density at radius 2 is 1.70 bits per heavy atom. The minimum absolute atomic E-state index is 0.333. The summed E-state index contributed by atoms with van der Waals surface area (Å²) in [7, 11) is 1.34. The predicted molar refractivity (Wildman–Crippen MR) is 101 cm³/mol. The van der Waals surface area contributed by atoms with Crippen LogP contribution in [-0.4, -0.2) is 19.1 Å². The van der Waals surface area contributed by atoms with Gasteiger partial charge in [0.05, 0.1) is 18.7 Å². The average molecular weight is 366 g/mol. The summed E-state index contributed by atoms with van der Waals surface area (Å²) < 4.78 is 10.7. The topological polar surface area (TPSA) is 76.7 Å². The third-order valence-electron chi connectivity index (χ3n) is 4.25. The second kappa shape index (κ2) is 8.40. The van der Waals surface area contributed by atoms with E-state index in [1.54, 1.807) is 0 Å². The fourth-order valence-corrected chi connectivity index (χ4v) is 3.02. The highest BCUT2D eigenvalue weighted by Crippen LogP contribution is 2.31. The van der Waals surface area contributed by atoms with Gasteiger partial charge in [-0.25, -0.2) is 9.59 Å². The van der Waals surface area contributed by atoms with Gasteiger partial charge in [-0.15, -0.1) is 0 Å². The molecule has 1 aliphatic rings. The maximum Gasteiger partial charge on any atom is 0.337 e. The van der Waals surface area contributed by atoms with Crippen LogP contribution in [0.15, 0.2) is 65.9 Å². The molecule has 1 atom stereocenters. The Labute approximate surface area is 158 Å². The van der Waals surface area contributed by atoms with E-state index in [0.717, 1.165) is 17.7 Å². The van der Waals surface area contributed by atoms with Gasteiger partial charge in [0.1, 0.15) is 11.5 Å². The lowest BCUT2D eigenvalue weighted by atomic mass is 9.94. The van der Waals surface area contributed by atoms with Crippen LogP contribution >= 0.6 is 0 Å². The lowest BCUT2D eigenvalue weighted by Gasteiger charge is -2.29. The van der Waals surface area contributed by atoms with Gasteiger partial charge in [-0.05, 0) is 36.2 Å². The lowest BCUT2D eigenvalue weighted by molar-refractivity contribution is -0.136. The van der Waals surface area contributed by atoms with Crippen LogP contribution in [0.25, 0.3) is 0 Å². The summed E-state index contributed by atoms with van der Waals surface area (Å²) in [5, 5.41) is 5.54. The number of benzene rings is 2.